The number of nitrogens with one attached hydrogen (secondary N) is 2. The van der Waals surface area contributed by atoms with Crippen molar-refractivity contribution in [3.63, 3.8) is 0 Å². The molecule has 0 saturated carbocycles. The van der Waals surface area contributed by atoms with Gasteiger partial charge in [0.2, 0.25) is 5.91 Å². The number of benzene rings is 1. The van der Waals surface area contributed by atoms with E-state index in [-0.39, 0.29) is 11.8 Å². The van der Waals surface area contributed by atoms with Crippen LogP contribution in [0.5, 0.6) is 5.75 Å². The molecule has 0 aliphatic carbocycles. The quantitative estimate of drug-likeness (QED) is 0.911. The summed E-state index contributed by atoms with van der Waals surface area (Å²) in [7, 11) is 0. The summed E-state index contributed by atoms with van der Waals surface area (Å²) in [5.74, 6) is 1.27. The zero-order valence-electron chi connectivity index (χ0n) is 12.2. The van der Waals surface area contributed by atoms with E-state index in [0.717, 1.165) is 29.1 Å². The van der Waals surface area contributed by atoms with Crippen LogP contribution in [0.15, 0.2) is 18.2 Å². The van der Waals surface area contributed by atoms with Gasteiger partial charge in [-0.05, 0) is 37.6 Å². The summed E-state index contributed by atoms with van der Waals surface area (Å²) in [6.45, 7) is 6.33. The summed E-state index contributed by atoms with van der Waals surface area (Å²) in [6.07, 6.45) is 0. The van der Waals surface area contributed by atoms with Gasteiger partial charge in [0.1, 0.15) is 5.75 Å². The molecule has 112 valence electrons. The topological polar surface area (TPSA) is 63.2 Å². The number of carbonyl (C=O) groups excluding carboxylic acids is 1. The van der Waals surface area contributed by atoms with E-state index in [2.05, 4.69) is 22.5 Å². The van der Waals surface area contributed by atoms with E-state index >= 15 is 0 Å². The van der Waals surface area contributed by atoms with E-state index in [9.17, 15) is 4.79 Å². The van der Waals surface area contributed by atoms with Gasteiger partial charge in [-0.15, -0.1) is 0 Å². The second-order valence-corrected chi connectivity index (χ2v) is 6.34. The van der Waals surface area contributed by atoms with Crippen LogP contribution in [-0.4, -0.2) is 30.6 Å². The van der Waals surface area contributed by atoms with Gasteiger partial charge in [0.05, 0.1) is 22.7 Å². The molecule has 2 heterocycles. The van der Waals surface area contributed by atoms with Gasteiger partial charge >= 0.3 is 0 Å². The Labute approximate surface area is 127 Å². The molecule has 1 aromatic carbocycles. The van der Waals surface area contributed by atoms with Crippen molar-refractivity contribution in [1.82, 2.24) is 10.3 Å². The second-order valence-electron chi connectivity index (χ2n) is 5.31. The molecule has 1 aliphatic rings. The summed E-state index contributed by atoms with van der Waals surface area (Å²) in [4.78, 5) is 16.7. The lowest BCUT2D eigenvalue weighted by atomic mass is 9.97. The zero-order valence-corrected chi connectivity index (χ0v) is 13.0. The number of ether oxygens (including phenoxy) is 1. The van der Waals surface area contributed by atoms with Crippen LogP contribution in [0, 0.1) is 11.8 Å². The van der Waals surface area contributed by atoms with Crippen molar-refractivity contribution in [2.24, 2.45) is 11.8 Å². The SMILES string of the molecule is CCOc1ccc2nc(NC(=O)[C@@H]3CNC[C@H]3C)sc2c1. The monoisotopic (exact) mass is 305 g/mol. The Kier molecular flexibility index (Phi) is 4.07. The van der Waals surface area contributed by atoms with Crippen molar-refractivity contribution in [3.8, 4) is 5.75 Å². The Hall–Kier alpha value is -1.66. The highest BCUT2D eigenvalue weighted by atomic mass is 32.1. The Bertz CT molecular complexity index is 655. The predicted octanol–water partition coefficient (Wildman–Crippen LogP) is 2.49. The molecular formula is C15H19N3O2S. The van der Waals surface area contributed by atoms with Crippen LogP contribution in [0.1, 0.15) is 13.8 Å². The minimum atomic E-state index is 0.0241. The van der Waals surface area contributed by atoms with Crippen molar-refractivity contribution < 1.29 is 9.53 Å². The van der Waals surface area contributed by atoms with Crippen molar-refractivity contribution in [2.75, 3.05) is 25.0 Å². The Morgan fingerprint density at radius 2 is 2.38 bits per heavy atom. The number of amides is 1. The lowest BCUT2D eigenvalue weighted by molar-refractivity contribution is -0.120. The van der Waals surface area contributed by atoms with Crippen LogP contribution in [-0.2, 0) is 4.79 Å². The average Bonchev–Trinajstić information content (AvgIpc) is 3.04. The summed E-state index contributed by atoms with van der Waals surface area (Å²) >= 11 is 1.48. The first kappa shape index (κ1) is 14.3. The molecule has 5 nitrogen and oxygen atoms in total. The van der Waals surface area contributed by atoms with E-state index in [0.29, 0.717) is 17.7 Å². The van der Waals surface area contributed by atoms with Crippen LogP contribution >= 0.6 is 11.3 Å². The largest absolute Gasteiger partial charge is 0.494 e. The normalized spacial score (nSPS) is 21.6. The third-order valence-electron chi connectivity index (χ3n) is 3.76. The third kappa shape index (κ3) is 3.01. The molecule has 21 heavy (non-hydrogen) atoms. The molecule has 0 spiro atoms. The number of aromatic nitrogens is 1. The van der Waals surface area contributed by atoms with E-state index in [4.69, 9.17) is 4.74 Å². The van der Waals surface area contributed by atoms with Gasteiger partial charge < -0.3 is 15.4 Å². The first-order chi connectivity index (χ1) is 10.2. The van der Waals surface area contributed by atoms with Crippen LogP contribution < -0.4 is 15.4 Å². The number of thiazole rings is 1. The lowest BCUT2D eigenvalue weighted by Crippen LogP contribution is -2.27. The first-order valence-corrected chi connectivity index (χ1v) is 8.04. The highest BCUT2D eigenvalue weighted by Gasteiger charge is 2.29. The smallest absolute Gasteiger partial charge is 0.230 e. The molecule has 6 heteroatoms. The molecule has 1 aromatic heterocycles. The fourth-order valence-electron chi connectivity index (χ4n) is 2.57. The lowest BCUT2D eigenvalue weighted by Gasteiger charge is -2.12. The molecule has 2 N–H and O–H groups in total. The summed E-state index contributed by atoms with van der Waals surface area (Å²) in [5.41, 5.74) is 0.886. The summed E-state index contributed by atoms with van der Waals surface area (Å²) in [5, 5.41) is 6.84. The van der Waals surface area contributed by atoms with E-state index in [1.807, 2.05) is 25.1 Å². The number of rotatable bonds is 4. The zero-order chi connectivity index (χ0) is 14.8. The molecule has 1 amide bonds. The van der Waals surface area contributed by atoms with Gasteiger partial charge in [-0.2, -0.15) is 0 Å². The highest BCUT2D eigenvalue weighted by Crippen LogP contribution is 2.30. The number of hydrogen-bond acceptors (Lipinski definition) is 5. The van der Waals surface area contributed by atoms with Crippen molar-refractivity contribution >= 4 is 32.6 Å². The standard InChI is InChI=1S/C15H19N3O2S/c1-3-20-10-4-5-12-13(6-10)21-15(17-12)18-14(19)11-8-16-7-9(11)2/h4-6,9,11,16H,3,7-8H2,1-2H3,(H,17,18,19)/t9-,11-/m1/s1. The molecule has 1 aliphatic heterocycles. The van der Waals surface area contributed by atoms with Gasteiger partial charge in [-0.25, -0.2) is 4.98 Å². The predicted molar refractivity (Wildman–Crippen MR) is 84.9 cm³/mol. The van der Waals surface area contributed by atoms with Crippen molar-refractivity contribution in [1.29, 1.82) is 0 Å². The summed E-state index contributed by atoms with van der Waals surface area (Å²) in [6, 6.07) is 5.79. The minimum Gasteiger partial charge on any atom is -0.494 e. The Morgan fingerprint density at radius 1 is 1.52 bits per heavy atom. The maximum Gasteiger partial charge on any atom is 0.230 e. The van der Waals surface area contributed by atoms with Crippen LogP contribution in [0.25, 0.3) is 10.2 Å². The molecule has 0 unspecified atom stereocenters. The number of fused-ring (bicyclic) bond motifs is 1. The number of hydrogen-bond donors (Lipinski definition) is 2. The van der Waals surface area contributed by atoms with Crippen molar-refractivity contribution in [3.05, 3.63) is 18.2 Å². The molecule has 2 atom stereocenters. The molecule has 0 bridgehead atoms. The molecule has 1 fully saturated rings. The first-order valence-electron chi connectivity index (χ1n) is 7.22. The Morgan fingerprint density at radius 3 is 3.10 bits per heavy atom. The van der Waals surface area contributed by atoms with Crippen molar-refractivity contribution in [2.45, 2.75) is 13.8 Å². The fourth-order valence-corrected chi connectivity index (χ4v) is 3.47. The molecule has 3 rings (SSSR count). The summed E-state index contributed by atoms with van der Waals surface area (Å²) < 4.78 is 6.51. The molecular weight excluding hydrogens is 286 g/mol. The van der Waals surface area contributed by atoms with Crippen LogP contribution in [0.4, 0.5) is 5.13 Å². The highest BCUT2D eigenvalue weighted by molar-refractivity contribution is 7.22. The molecule has 0 radical (unpaired) electrons. The maximum atomic E-state index is 12.3. The van der Waals surface area contributed by atoms with Crippen LogP contribution in [0.3, 0.4) is 0 Å². The van der Waals surface area contributed by atoms with Gasteiger partial charge in [-0.1, -0.05) is 18.3 Å². The van der Waals surface area contributed by atoms with Gasteiger partial charge in [0.15, 0.2) is 5.13 Å². The number of nitrogens with zero attached hydrogens (tertiary/aromatic N) is 1. The van der Waals surface area contributed by atoms with Gasteiger partial charge in [0, 0.05) is 6.54 Å². The van der Waals surface area contributed by atoms with E-state index in [1.54, 1.807) is 0 Å². The van der Waals surface area contributed by atoms with Gasteiger partial charge in [-0.3, -0.25) is 4.79 Å². The second kappa shape index (κ2) is 5.99. The third-order valence-corrected chi connectivity index (χ3v) is 4.69. The number of carbonyl (C=O) groups is 1. The van der Waals surface area contributed by atoms with Gasteiger partial charge in [0.25, 0.3) is 0 Å². The fraction of sp³-hybridized carbons (Fsp3) is 0.467. The number of anilines is 1. The molecule has 1 saturated heterocycles. The Balaban J connectivity index is 1.76. The van der Waals surface area contributed by atoms with E-state index in [1.165, 1.54) is 11.3 Å². The van der Waals surface area contributed by atoms with E-state index < -0.39 is 0 Å². The molecule has 2 aromatic rings. The van der Waals surface area contributed by atoms with Crippen LogP contribution in [0.2, 0.25) is 0 Å². The minimum absolute atomic E-state index is 0.0241. The maximum absolute atomic E-state index is 12.3. The average molecular weight is 305 g/mol.